The van der Waals surface area contributed by atoms with E-state index in [2.05, 4.69) is 53.8 Å². The van der Waals surface area contributed by atoms with Crippen LogP contribution in [0.15, 0.2) is 48.5 Å². The molecule has 1 atom stereocenters. The van der Waals surface area contributed by atoms with Crippen molar-refractivity contribution in [1.29, 1.82) is 0 Å². The molecular formula is C24H27NO2. The Labute approximate surface area is 160 Å². The second-order valence-corrected chi connectivity index (χ2v) is 8.58. The van der Waals surface area contributed by atoms with E-state index in [0.717, 1.165) is 32.2 Å². The van der Waals surface area contributed by atoms with Crippen LogP contribution in [0.3, 0.4) is 0 Å². The van der Waals surface area contributed by atoms with Crippen LogP contribution in [0.5, 0.6) is 0 Å². The van der Waals surface area contributed by atoms with E-state index in [0.29, 0.717) is 23.8 Å². The van der Waals surface area contributed by atoms with E-state index in [1.165, 1.54) is 28.7 Å². The first kappa shape index (κ1) is 17.0. The Hall–Kier alpha value is -2.13. The van der Waals surface area contributed by atoms with Crippen molar-refractivity contribution >= 4 is 5.97 Å². The monoisotopic (exact) mass is 361 g/mol. The molecule has 6 rings (SSSR count). The predicted octanol–water partition coefficient (Wildman–Crippen LogP) is 4.52. The van der Waals surface area contributed by atoms with Gasteiger partial charge in [0.15, 0.2) is 0 Å². The molecule has 0 heterocycles. The Balaban J connectivity index is 1.33. The highest BCUT2D eigenvalue weighted by atomic mass is 16.4. The zero-order chi connectivity index (χ0) is 18.4. The van der Waals surface area contributed by atoms with E-state index < -0.39 is 5.97 Å². The van der Waals surface area contributed by atoms with Crippen molar-refractivity contribution in [2.24, 2.45) is 11.8 Å². The van der Waals surface area contributed by atoms with Gasteiger partial charge in [-0.15, -0.1) is 0 Å². The molecule has 0 aromatic heterocycles. The molecule has 2 aromatic rings. The normalized spacial score (nSPS) is 31.2. The second kappa shape index (κ2) is 6.79. The van der Waals surface area contributed by atoms with Gasteiger partial charge in [0.25, 0.3) is 0 Å². The van der Waals surface area contributed by atoms with Gasteiger partial charge in [-0.25, -0.2) is 0 Å². The third kappa shape index (κ3) is 2.89. The van der Waals surface area contributed by atoms with Crippen LogP contribution in [-0.4, -0.2) is 23.7 Å². The lowest BCUT2D eigenvalue weighted by Crippen LogP contribution is -2.42. The van der Waals surface area contributed by atoms with Gasteiger partial charge in [-0.2, -0.15) is 0 Å². The van der Waals surface area contributed by atoms with Gasteiger partial charge in [0, 0.05) is 17.9 Å². The number of benzene rings is 2. The standard InChI is InChI=1S/C24H27NO2/c26-24(27)15-9-11-17(12-10-15)25-14-16-13-22-18-5-1-3-7-20(18)23(16)21-8-4-2-6-19(21)22/h1-8,15-17,22-23,25H,9-14H2,(H,26,27). The molecular weight excluding hydrogens is 334 g/mol. The summed E-state index contributed by atoms with van der Waals surface area (Å²) in [7, 11) is 0. The summed E-state index contributed by atoms with van der Waals surface area (Å²) >= 11 is 0. The molecule has 27 heavy (non-hydrogen) atoms. The van der Waals surface area contributed by atoms with E-state index in [1.807, 2.05) is 0 Å². The van der Waals surface area contributed by atoms with Gasteiger partial charge >= 0.3 is 5.97 Å². The molecule has 2 N–H and O–H groups in total. The number of hydrogen-bond donors (Lipinski definition) is 2. The maximum absolute atomic E-state index is 11.2. The molecule has 1 fully saturated rings. The van der Waals surface area contributed by atoms with Crippen LogP contribution >= 0.6 is 0 Å². The molecule has 0 spiro atoms. The molecule has 0 saturated heterocycles. The molecule has 3 heteroatoms. The largest absolute Gasteiger partial charge is 0.481 e. The molecule has 140 valence electrons. The summed E-state index contributed by atoms with van der Waals surface area (Å²) in [4.78, 5) is 11.2. The number of aliphatic carboxylic acids is 1. The van der Waals surface area contributed by atoms with Gasteiger partial charge in [-0.3, -0.25) is 4.79 Å². The van der Waals surface area contributed by atoms with Crippen LogP contribution in [0.1, 0.15) is 66.2 Å². The first-order valence-electron chi connectivity index (χ1n) is 10.4. The molecule has 0 amide bonds. The summed E-state index contributed by atoms with van der Waals surface area (Å²) in [5, 5.41) is 13.0. The van der Waals surface area contributed by atoms with Gasteiger partial charge < -0.3 is 10.4 Å². The summed E-state index contributed by atoms with van der Waals surface area (Å²) in [5.41, 5.74) is 6.10. The van der Waals surface area contributed by atoms with E-state index in [4.69, 9.17) is 0 Å². The maximum Gasteiger partial charge on any atom is 0.306 e. The van der Waals surface area contributed by atoms with Gasteiger partial charge in [0.1, 0.15) is 0 Å². The SMILES string of the molecule is O=C(O)C1CCC(NCC2CC3c4ccccc4C2c2ccccc23)CC1. The predicted molar refractivity (Wildman–Crippen MR) is 106 cm³/mol. The van der Waals surface area contributed by atoms with E-state index in [9.17, 15) is 9.90 Å². The molecule has 3 nitrogen and oxygen atoms in total. The third-order valence-corrected chi connectivity index (χ3v) is 7.17. The summed E-state index contributed by atoms with van der Waals surface area (Å²) in [6, 6.07) is 18.5. The smallest absolute Gasteiger partial charge is 0.306 e. The highest BCUT2D eigenvalue weighted by Gasteiger charge is 2.42. The molecule has 2 bridgehead atoms. The summed E-state index contributed by atoms with van der Waals surface area (Å²) in [6.07, 6.45) is 4.83. The quantitative estimate of drug-likeness (QED) is 0.842. The van der Waals surface area contributed by atoms with Gasteiger partial charge in [0.05, 0.1) is 5.92 Å². The van der Waals surface area contributed by atoms with Gasteiger partial charge in [-0.05, 0) is 66.8 Å². The lowest BCUT2D eigenvalue weighted by Gasteiger charge is -2.46. The highest BCUT2D eigenvalue weighted by molar-refractivity contribution is 5.70. The summed E-state index contributed by atoms with van der Waals surface area (Å²) in [6.45, 7) is 1.03. The van der Waals surface area contributed by atoms with Crippen LogP contribution < -0.4 is 5.32 Å². The van der Waals surface area contributed by atoms with Crippen molar-refractivity contribution in [3.8, 4) is 0 Å². The number of carboxylic acids is 1. The minimum atomic E-state index is -0.619. The number of carboxylic acid groups (broad SMARTS) is 1. The first-order valence-corrected chi connectivity index (χ1v) is 10.4. The molecule has 2 aromatic carbocycles. The van der Waals surface area contributed by atoms with Crippen LogP contribution in [0, 0.1) is 11.8 Å². The van der Waals surface area contributed by atoms with Crippen LogP contribution in [0.4, 0.5) is 0 Å². The number of hydrogen-bond acceptors (Lipinski definition) is 2. The van der Waals surface area contributed by atoms with Crippen molar-refractivity contribution in [2.45, 2.75) is 50.0 Å². The minimum absolute atomic E-state index is 0.132. The van der Waals surface area contributed by atoms with Crippen molar-refractivity contribution in [1.82, 2.24) is 5.32 Å². The summed E-state index contributed by atoms with van der Waals surface area (Å²) in [5.74, 6) is 0.887. The fourth-order valence-corrected chi connectivity index (χ4v) is 5.82. The highest BCUT2D eigenvalue weighted by Crippen LogP contribution is 2.55. The van der Waals surface area contributed by atoms with Crippen molar-refractivity contribution < 1.29 is 9.90 Å². The fraction of sp³-hybridized carbons (Fsp3) is 0.458. The lowest BCUT2D eigenvalue weighted by molar-refractivity contribution is -0.142. The van der Waals surface area contributed by atoms with Crippen molar-refractivity contribution in [3.05, 3.63) is 70.8 Å². The molecule has 0 radical (unpaired) electrons. The third-order valence-electron chi connectivity index (χ3n) is 7.17. The average molecular weight is 361 g/mol. The molecule has 4 aliphatic carbocycles. The van der Waals surface area contributed by atoms with Crippen molar-refractivity contribution in [2.75, 3.05) is 6.54 Å². The molecule has 1 saturated carbocycles. The van der Waals surface area contributed by atoms with E-state index >= 15 is 0 Å². The average Bonchev–Trinajstić information content (AvgIpc) is 2.72. The second-order valence-electron chi connectivity index (χ2n) is 8.58. The van der Waals surface area contributed by atoms with Crippen LogP contribution in [0.2, 0.25) is 0 Å². The zero-order valence-electron chi connectivity index (χ0n) is 15.6. The molecule has 1 unspecified atom stereocenters. The Kier molecular flexibility index (Phi) is 4.28. The Bertz CT molecular complexity index is 805. The Morgan fingerprint density at radius 1 is 0.889 bits per heavy atom. The first-order chi connectivity index (χ1) is 13.2. The lowest BCUT2D eigenvalue weighted by atomic mass is 9.59. The van der Waals surface area contributed by atoms with Crippen LogP contribution in [-0.2, 0) is 4.79 Å². The maximum atomic E-state index is 11.2. The number of rotatable bonds is 4. The van der Waals surface area contributed by atoms with Crippen molar-refractivity contribution in [3.63, 3.8) is 0 Å². The number of carbonyl (C=O) groups is 1. The Morgan fingerprint density at radius 2 is 1.44 bits per heavy atom. The number of fused-ring (bicyclic) bond motifs is 1. The zero-order valence-corrected chi connectivity index (χ0v) is 15.6. The molecule has 4 aliphatic rings. The van der Waals surface area contributed by atoms with E-state index in [1.54, 1.807) is 0 Å². The number of nitrogens with one attached hydrogen (secondary N) is 1. The minimum Gasteiger partial charge on any atom is -0.481 e. The fourth-order valence-electron chi connectivity index (χ4n) is 5.82. The van der Waals surface area contributed by atoms with Gasteiger partial charge in [-0.1, -0.05) is 48.5 Å². The topological polar surface area (TPSA) is 49.3 Å². The van der Waals surface area contributed by atoms with Gasteiger partial charge in [0.2, 0.25) is 0 Å². The summed E-state index contributed by atoms with van der Waals surface area (Å²) < 4.78 is 0. The van der Waals surface area contributed by atoms with E-state index in [-0.39, 0.29) is 5.92 Å². The van der Waals surface area contributed by atoms with Crippen LogP contribution in [0.25, 0.3) is 0 Å². The Morgan fingerprint density at radius 3 is 2.00 bits per heavy atom. The molecule has 0 aliphatic heterocycles.